The minimum absolute atomic E-state index is 0. The van der Waals surface area contributed by atoms with E-state index in [1.165, 1.54) is 11.0 Å². The third-order valence-corrected chi connectivity index (χ3v) is 5.13. The Kier molecular flexibility index (Phi) is 8.33. The first-order valence-electron chi connectivity index (χ1n) is 8.85. The van der Waals surface area contributed by atoms with Gasteiger partial charge in [-0.2, -0.15) is 0 Å². The number of nitrogens with zero attached hydrogens (tertiary/aromatic N) is 3. The number of rotatable bonds is 8. The third kappa shape index (κ3) is 5.78. The average Bonchev–Trinajstić information content (AvgIpc) is 3.10. The van der Waals surface area contributed by atoms with Crippen LogP contribution in [0.1, 0.15) is 0 Å². The summed E-state index contributed by atoms with van der Waals surface area (Å²) >= 11 is 1.06. The number of hydrogen-bond acceptors (Lipinski definition) is 6. The van der Waals surface area contributed by atoms with E-state index < -0.39 is 11.6 Å². The SMILES string of the molecule is COc1cccc(OCC(=O)N(CCN(C)C)c2nc3c(F)cc(F)cc3s2)c1.Cl. The highest BCUT2D eigenvalue weighted by atomic mass is 35.5. The molecule has 30 heavy (non-hydrogen) atoms. The minimum atomic E-state index is -0.755. The largest absolute Gasteiger partial charge is 0.497 e. The molecule has 0 saturated carbocycles. The van der Waals surface area contributed by atoms with Gasteiger partial charge in [-0.3, -0.25) is 9.69 Å². The second kappa shape index (κ2) is 10.5. The number of halogens is 3. The van der Waals surface area contributed by atoms with Crippen LogP contribution in [0.25, 0.3) is 10.2 Å². The van der Waals surface area contributed by atoms with Crippen molar-refractivity contribution in [1.82, 2.24) is 9.88 Å². The minimum Gasteiger partial charge on any atom is -0.497 e. The standard InChI is InChI=1S/C20H21F2N3O3S.ClH/c1-24(2)7-8-25(18(26)12-28-15-6-4-5-14(11-15)27-3)20-23-19-16(22)9-13(21)10-17(19)29-20;/h4-6,9-11H,7-8,12H2,1-3H3;1H. The smallest absolute Gasteiger partial charge is 0.266 e. The summed E-state index contributed by atoms with van der Waals surface area (Å²) in [5.74, 6) is -0.673. The summed E-state index contributed by atoms with van der Waals surface area (Å²) in [5, 5.41) is 0.297. The van der Waals surface area contributed by atoms with Crippen LogP contribution < -0.4 is 14.4 Å². The van der Waals surface area contributed by atoms with Crippen LogP contribution in [0.4, 0.5) is 13.9 Å². The molecule has 0 aliphatic carbocycles. The van der Waals surface area contributed by atoms with Crippen molar-refractivity contribution in [3.05, 3.63) is 48.0 Å². The summed E-state index contributed by atoms with van der Waals surface area (Å²) < 4.78 is 38.6. The lowest BCUT2D eigenvalue weighted by Crippen LogP contribution is -2.39. The third-order valence-electron chi connectivity index (χ3n) is 4.11. The van der Waals surface area contributed by atoms with Crippen LogP contribution in [-0.2, 0) is 4.79 Å². The molecule has 0 atom stereocenters. The van der Waals surface area contributed by atoms with Gasteiger partial charge in [-0.05, 0) is 32.3 Å². The molecule has 0 spiro atoms. The molecule has 0 fully saturated rings. The van der Waals surface area contributed by atoms with Crippen molar-refractivity contribution < 1.29 is 23.0 Å². The zero-order valence-electron chi connectivity index (χ0n) is 16.7. The van der Waals surface area contributed by atoms with Crippen molar-refractivity contribution in [2.75, 3.05) is 45.8 Å². The van der Waals surface area contributed by atoms with Crippen LogP contribution in [0.2, 0.25) is 0 Å². The summed E-state index contributed by atoms with van der Waals surface area (Å²) in [4.78, 5) is 20.4. The molecule has 3 rings (SSSR count). The Labute approximate surface area is 183 Å². The highest BCUT2D eigenvalue weighted by Gasteiger charge is 2.22. The zero-order chi connectivity index (χ0) is 21.0. The number of fused-ring (bicyclic) bond motifs is 1. The van der Waals surface area contributed by atoms with E-state index in [-0.39, 0.29) is 30.4 Å². The molecule has 3 aromatic rings. The van der Waals surface area contributed by atoms with Gasteiger partial charge in [0.25, 0.3) is 5.91 Å². The van der Waals surface area contributed by atoms with E-state index in [1.54, 1.807) is 31.4 Å². The van der Waals surface area contributed by atoms with E-state index in [0.29, 0.717) is 34.4 Å². The molecule has 0 unspecified atom stereocenters. The number of benzene rings is 2. The number of thiazole rings is 1. The van der Waals surface area contributed by atoms with Gasteiger partial charge < -0.3 is 14.4 Å². The number of likely N-dealkylation sites (N-methyl/N-ethyl adjacent to an activating group) is 1. The maximum Gasteiger partial charge on any atom is 0.266 e. The van der Waals surface area contributed by atoms with Gasteiger partial charge in [-0.1, -0.05) is 17.4 Å². The Balaban J connectivity index is 0.00000320. The van der Waals surface area contributed by atoms with Gasteiger partial charge in [-0.15, -0.1) is 12.4 Å². The molecule has 162 valence electrons. The number of methoxy groups -OCH3 is 1. The number of anilines is 1. The van der Waals surface area contributed by atoms with Gasteiger partial charge in [0.2, 0.25) is 0 Å². The Hall–Kier alpha value is -2.49. The Morgan fingerprint density at radius 2 is 1.87 bits per heavy atom. The van der Waals surface area contributed by atoms with E-state index in [1.807, 2.05) is 19.0 Å². The molecule has 0 aliphatic rings. The average molecular weight is 458 g/mol. The number of hydrogen-bond donors (Lipinski definition) is 0. The second-order valence-electron chi connectivity index (χ2n) is 6.55. The van der Waals surface area contributed by atoms with Gasteiger partial charge in [0, 0.05) is 25.2 Å². The lowest BCUT2D eigenvalue weighted by atomic mass is 10.3. The van der Waals surface area contributed by atoms with Crippen molar-refractivity contribution in [2.45, 2.75) is 0 Å². The predicted octanol–water partition coefficient (Wildman–Crippen LogP) is 3.98. The van der Waals surface area contributed by atoms with E-state index in [9.17, 15) is 13.6 Å². The fourth-order valence-corrected chi connectivity index (χ4v) is 3.65. The number of carbonyl (C=O) groups excluding carboxylic acids is 1. The van der Waals surface area contributed by atoms with Crippen molar-refractivity contribution in [3.63, 3.8) is 0 Å². The molecule has 6 nitrogen and oxygen atoms in total. The zero-order valence-corrected chi connectivity index (χ0v) is 18.4. The summed E-state index contributed by atoms with van der Waals surface area (Å²) in [6.45, 7) is 0.669. The summed E-state index contributed by atoms with van der Waals surface area (Å²) in [7, 11) is 5.30. The van der Waals surface area contributed by atoms with Crippen LogP contribution in [0.5, 0.6) is 11.5 Å². The van der Waals surface area contributed by atoms with Crippen LogP contribution in [0.15, 0.2) is 36.4 Å². The normalized spacial score (nSPS) is 10.7. The van der Waals surface area contributed by atoms with Gasteiger partial charge >= 0.3 is 0 Å². The number of amides is 1. The fraction of sp³-hybridized carbons (Fsp3) is 0.300. The Morgan fingerprint density at radius 3 is 2.57 bits per heavy atom. The van der Waals surface area contributed by atoms with Crippen LogP contribution >= 0.6 is 23.7 Å². The van der Waals surface area contributed by atoms with Crippen molar-refractivity contribution in [1.29, 1.82) is 0 Å². The second-order valence-corrected chi connectivity index (χ2v) is 7.56. The molecule has 0 saturated heterocycles. The molecule has 0 bridgehead atoms. The number of carbonyl (C=O) groups is 1. The molecule has 10 heteroatoms. The molecule has 0 N–H and O–H groups in total. The first-order chi connectivity index (χ1) is 13.9. The predicted molar refractivity (Wildman–Crippen MR) is 116 cm³/mol. The van der Waals surface area contributed by atoms with Crippen LogP contribution in [0.3, 0.4) is 0 Å². The lowest BCUT2D eigenvalue weighted by molar-refractivity contribution is -0.120. The maximum absolute atomic E-state index is 14.0. The highest BCUT2D eigenvalue weighted by molar-refractivity contribution is 7.22. The van der Waals surface area contributed by atoms with Crippen molar-refractivity contribution >= 4 is 45.0 Å². The molecule has 0 radical (unpaired) electrons. The monoisotopic (exact) mass is 457 g/mol. The van der Waals surface area contributed by atoms with Crippen LogP contribution in [0, 0.1) is 11.6 Å². The molecule has 1 aromatic heterocycles. The van der Waals surface area contributed by atoms with Gasteiger partial charge in [0.1, 0.15) is 22.8 Å². The molecular formula is C20H22ClF2N3O3S. The molecule has 0 aliphatic heterocycles. The van der Waals surface area contributed by atoms with Gasteiger partial charge in [0.05, 0.1) is 11.8 Å². The van der Waals surface area contributed by atoms with E-state index in [2.05, 4.69) is 4.98 Å². The van der Waals surface area contributed by atoms with Gasteiger partial charge in [0.15, 0.2) is 17.6 Å². The first-order valence-corrected chi connectivity index (χ1v) is 9.66. The van der Waals surface area contributed by atoms with E-state index >= 15 is 0 Å². The maximum atomic E-state index is 14.0. The number of aromatic nitrogens is 1. The highest BCUT2D eigenvalue weighted by Crippen LogP contribution is 2.31. The first kappa shape index (κ1) is 23.8. The fourth-order valence-electron chi connectivity index (χ4n) is 2.60. The summed E-state index contributed by atoms with van der Waals surface area (Å²) in [5.41, 5.74) is 0.0442. The van der Waals surface area contributed by atoms with Crippen molar-refractivity contribution in [3.8, 4) is 11.5 Å². The van der Waals surface area contributed by atoms with E-state index in [0.717, 1.165) is 17.4 Å². The molecule has 1 heterocycles. The Bertz CT molecular complexity index is 1020. The Morgan fingerprint density at radius 1 is 1.13 bits per heavy atom. The number of ether oxygens (including phenoxy) is 2. The van der Waals surface area contributed by atoms with Crippen LogP contribution in [-0.4, -0.2) is 56.7 Å². The molecule has 1 amide bonds. The quantitative estimate of drug-likeness (QED) is 0.512. The topological polar surface area (TPSA) is 54.9 Å². The summed E-state index contributed by atoms with van der Waals surface area (Å²) in [6.07, 6.45) is 0. The van der Waals surface area contributed by atoms with Crippen molar-refractivity contribution in [2.24, 2.45) is 0 Å². The van der Waals surface area contributed by atoms with E-state index in [4.69, 9.17) is 9.47 Å². The summed E-state index contributed by atoms with van der Waals surface area (Å²) in [6, 6.07) is 8.91. The molecular weight excluding hydrogens is 436 g/mol. The van der Waals surface area contributed by atoms with Gasteiger partial charge in [-0.25, -0.2) is 13.8 Å². The lowest BCUT2D eigenvalue weighted by Gasteiger charge is -2.22. The molecule has 2 aromatic carbocycles.